The van der Waals surface area contributed by atoms with E-state index in [1.807, 2.05) is 30.3 Å². The Bertz CT molecular complexity index is 540. The van der Waals surface area contributed by atoms with Crippen molar-refractivity contribution in [2.45, 2.75) is 25.9 Å². The fraction of sp³-hybridized carbons (Fsp3) is 0.312. The highest BCUT2D eigenvalue weighted by Crippen LogP contribution is 2.21. The fourth-order valence-electron chi connectivity index (χ4n) is 1.97. The molecule has 4 heteroatoms. The molecule has 0 aliphatic rings. The van der Waals surface area contributed by atoms with Crippen LogP contribution in [0.2, 0.25) is 0 Å². The largest absolute Gasteiger partial charge is 0.494 e. The van der Waals surface area contributed by atoms with Gasteiger partial charge in [-0.25, -0.2) is 4.98 Å². The number of nitrogens with zero attached hydrogens (tertiary/aromatic N) is 1. The molecule has 0 spiro atoms. The van der Waals surface area contributed by atoms with Gasteiger partial charge in [-0.2, -0.15) is 0 Å². The van der Waals surface area contributed by atoms with Crippen molar-refractivity contribution < 1.29 is 9.84 Å². The van der Waals surface area contributed by atoms with E-state index in [1.165, 1.54) is 0 Å². The first-order valence-electron chi connectivity index (χ1n) is 6.80. The monoisotopic (exact) mass is 272 g/mol. The summed E-state index contributed by atoms with van der Waals surface area (Å²) >= 11 is 0. The van der Waals surface area contributed by atoms with Crippen LogP contribution in [0, 0.1) is 0 Å². The Morgan fingerprint density at radius 3 is 2.65 bits per heavy atom. The van der Waals surface area contributed by atoms with Gasteiger partial charge in [-0.1, -0.05) is 19.1 Å². The third-order valence-corrected chi connectivity index (χ3v) is 3.01. The molecular weight excluding hydrogens is 252 g/mol. The molecule has 0 radical (unpaired) electrons. The van der Waals surface area contributed by atoms with Gasteiger partial charge in [0.25, 0.3) is 0 Å². The van der Waals surface area contributed by atoms with Gasteiger partial charge in [0.15, 0.2) is 0 Å². The van der Waals surface area contributed by atoms with Crippen LogP contribution >= 0.6 is 0 Å². The average molecular weight is 272 g/mol. The Morgan fingerprint density at radius 1 is 1.25 bits per heavy atom. The molecule has 106 valence electrons. The number of hydrogen-bond acceptors (Lipinski definition) is 4. The Kier molecular flexibility index (Phi) is 4.96. The molecule has 0 amide bonds. The topological polar surface area (TPSA) is 68.4 Å². The quantitative estimate of drug-likeness (QED) is 0.848. The molecule has 20 heavy (non-hydrogen) atoms. The maximum absolute atomic E-state index is 10.2. The number of pyridine rings is 1. The van der Waals surface area contributed by atoms with Gasteiger partial charge in [0.1, 0.15) is 11.6 Å². The third-order valence-electron chi connectivity index (χ3n) is 3.01. The molecule has 1 unspecified atom stereocenters. The van der Waals surface area contributed by atoms with E-state index in [2.05, 4.69) is 11.9 Å². The first-order chi connectivity index (χ1) is 9.69. The Balaban J connectivity index is 2.00. The van der Waals surface area contributed by atoms with Gasteiger partial charge in [-0.15, -0.1) is 0 Å². The number of aliphatic hydroxyl groups excluding tert-OH is 1. The molecule has 0 aliphatic carbocycles. The number of hydrogen-bond donors (Lipinski definition) is 2. The first kappa shape index (κ1) is 14.3. The van der Waals surface area contributed by atoms with E-state index in [1.54, 1.807) is 12.3 Å². The van der Waals surface area contributed by atoms with Crippen molar-refractivity contribution in [1.29, 1.82) is 0 Å². The maximum Gasteiger partial charge on any atom is 0.123 e. The van der Waals surface area contributed by atoms with Crippen molar-refractivity contribution >= 4 is 5.82 Å². The molecule has 0 saturated carbocycles. The van der Waals surface area contributed by atoms with Crippen LogP contribution in [0.3, 0.4) is 0 Å². The lowest BCUT2D eigenvalue weighted by Gasteiger charge is -2.12. The molecule has 0 bridgehead atoms. The van der Waals surface area contributed by atoms with Crippen LogP contribution in [0.5, 0.6) is 5.75 Å². The zero-order valence-electron chi connectivity index (χ0n) is 11.6. The second-order valence-electron chi connectivity index (χ2n) is 4.73. The van der Waals surface area contributed by atoms with E-state index >= 15 is 0 Å². The average Bonchev–Trinajstić information content (AvgIpc) is 2.45. The minimum atomic E-state index is -0.558. The van der Waals surface area contributed by atoms with Gasteiger partial charge in [-0.05, 0) is 41.8 Å². The van der Waals surface area contributed by atoms with Crippen molar-refractivity contribution in [2.24, 2.45) is 0 Å². The smallest absolute Gasteiger partial charge is 0.123 e. The molecule has 0 fully saturated rings. The van der Waals surface area contributed by atoms with Crippen LogP contribution in [0.1, 0.15) is 30.6 Å². The van der Waals surface area contributed by atoms with Crippen LogP contribution in [-0.4, -0.2) is 16.7 Å². The molecule has 3 N–H and O–H groups in total. The molecule has 1 atom stereocenters. The minimum Gasteiger partial charge on any atom is -0.494 e. The predicted molar refractivity (Wildman–Crippen MR) is 79.5 cm³/mol. The van der Waals surface area contributed by atoms with Crippen LogP contribution < -0.4 is 10.5 Å². The standard InChI is InChI=1S/C16H20N2O2/c1-2-9-20-14-5-3-13(4-6-14)15(19)10-12-7-8-18-16(17)11-12/h3-8,11,15,19H,2,9-10H2,1H3,(H2,17,18). The second kappa shape index (κ2) is 6.91. The van der Waals surface area contributed by atoms with Crippen molar-refractivity contribution in [3.8, 4) is 5.75 Å². The third kappa shape index (κ3) is 3.96. The Hall–Kier alpha value is -2.07. The molecular formula is C16H20N2O2. The van der Waals surface area contributed by atoms with E-state index in [9.17, 15) is 5.11 Å². The number of rotatable bonds is 6. The molecule has 0 aliphatic heterocycles. The lowest BCUT2D eigenvalue weighted by atomic mass is 10.0. The zero-order chi connectivity index (χ0) is 14.4. The predicted octanol–water partition coefficient (Wildman–Crippen LogP) is 2.73. The summed E-state index contributed by atoms with van der Waals surface area (Å²) in [5.41, 5.74) is 7.46. The lowest BCUT2D eigenvalue weighted by Crippen LogP contribution is -2.03. The summed E-state index contributed by atoms with van der Waals surface area (Å²) in [6.07, 6.45) is 2.59. The Labute approximate surface area is 119 Å². The number of nitrogens with two attached hydrogens (primary N) is 1. The number of anilines is 1. The van der Waals surface area contributed by atoms with Crippen LogP contribution in [0.4, 0.5) is 5.82 Å². The van der Waals surface area contributed by atoms with Crippen LogP contribution in [0.15, 0.2) is 42.6 Å². The minimum absolute atomic E-state index is 0.470. The van der Waals surface area contributed by atoms with Gasteiger partial charge < -0.3 is 15.6 Å². The molecule has 4 nitrogen and oxygen atoms in total. The van der Waals surface area contributed by atoms with Gasteiger partial charge in [0, 0.05) is 12.6 Å². The lowest BCUT2D eigenvalue weighted by molar-refractivity contribution is 0.178. The highest BCUT2D eigenvalue weighted by Gasteiger charge is 2.09. The molecule has 2 aromatic rings. The number of nitrogen functional groups attached to an aromatic ring is 1. The molecule has 2 rings (SSSR count). The van der Waals surface area contributed by atoms with Gasteiger partial charge in [-0.3, -0.25) is 0 Å². The fourth-order valence-corrected chi connectivity index (χ4v) is 1.97. The Morgan fingerprint density at radius 2 is 2.00 bits per heavy atom. The van der Waals surface area contributed by atoms with E-state index in [0.717, 1.165) is 23.3 Å². The van der Waals surface area contributed by atoms with Crippen LogP contribution in [-0.2, 0) is 6.42 Å². The van der Waals surface area contributed by atoms with E-state index < -0.39 is 6.10 Å². The summed E-state index contributed by atoms with van der Waals surface area (Å²) in [5.74, 6) is 1.30. The van der Waals surface area contributed by atoms with E-state index in [0.29, 0.717) is 18.8 Å². The van der Waals surface area contributed by atoms with Crippen molar-refractivity contribution in [1.82, 2.24) is 4.98 Å². The maximum atomic E-state index is 10.2. The van der Waals surface area contributed by atoms with E-state index in [4.69, 9.17) is 10.5 Å². The summed E-state index contributed by atoms with van der Waals surface area (Å²) in [5, 5.41) is 10.2. The number of ether oxygens (including phenoxy) is 1. The van der Waals surface area contributed by atoms with Gasteiger partial charge in [0.05, 0.1) is 12.7 Å². The van der Waals surface area contributed by atoms with E-state index in [-0.39, 0.29) is 0 Å². The number of aromatic nitrogens is 1. The molecule has 0 saturated heterocycles. The summed E-state index contributed by atoms with van der Waals surface area (Å²) in [4.78, 5) is 3.94. The summed E-state index contributed by atoms with van der Waals surface area (Å²) < 4.78 is 5.52. The zero-order valence-corrected chi connectivity index (χ0v) is 11.6. The van der Waals surface area contributed by atoms with Gasteiger partial charge >= 0.3 is 0 Å². The first-order valence-corrected chi connectivity index (χ1v) is 6.80. The highest BCUT2D eigenvalue weighted by molar-refractivity contribution is 5.34. The molecule has 1 aromatic heterocycles. The van der Waals surface area contributed by atoms with Crippen molar-refractivity contribution in [3.63, 3.8) is 0 Å². The van der Waals surface area contributed by atoms with Gasteiger partial charge in [0.2, 0.25) is 0 Å². The summed E-state index contributed by atoms with van der Waals surface area (Å²) in [6.45, 7) is 2.77. The number of benzene rings is 1. The summed E-state index contributed by atoms with van der Waals surface area (Å²) in [7, 11) is 0. The number of aliphatic hydroxyl groups is 1. The SMILES string of the molecule is CCCOc1ccc(C(O)Cc2ccnc(N)c2)cc1. The summed E-state index contributed by atoms with van der Waals surface area (Å²) in [6, 6.07) is 11.2. The normalized spacial score (nSPS) is 12.1. The highest BCUT2D eigenvalue weighted by atomic mass is 16.5. The van der Waals surface area contributed by atoms with Crippen molar-refractivity contribution in [2.75, 3.05) is 12.3 Å². The van der Waals surface area contributed by atoms with Crippen LogP contribution in [0.25, 0.3) is 0 Å². The molecule has 1 aromatic carbocycles. The van der Waals surface area contributed by atoms with Crippen molar-refractivity contribution in [3.05, 3.63) is 53.7 Å². The second-order valence-corrected chi connectivity index (χ2v) is 4.73. The molecule has 1 heterocycles.